The average Bonchev–Trinajstić information content (AvgIpc) is 3.01. The van der Waals surface area contributed by atoms with E-state index in [2.05, 4.69) is 27.3 Å². The van der Waals surface area contributed by atoms with Crippen molar-refractivity contribution in [2.75, 3.05) is 5.32 Å². The van der Waals surface area contributed by atoms with Gasteiger partial charge >= 0.3 is 0 Å². The van der Waals surface area contributed by atoms with Crippen LogP contribution in [0.3, 0.4) is 0 Å². The first-order valence-electron chi connectivity index (χ1n) is 7.45. The minimum Gasteiger partial charge on any atom is -0.290 e. The number of nitrogens with zero attached hydrogens (tertiary/aromatic N) is 4. The van der Waals surface area contributed by atoms with Gasteiger partial charge in [0.2, 0.25) is 5.95 Å². The molecule has 2 aromatic heterocycles. The van der Waals surface area contributed by atoms with Crippen LogP contribution in [-0.2, 0) is 6.42 Å². The number of unbranched alkanes of at least 4 members (excludes halogenated alkanes) is 1. The van der Waals surface area contributed by atoms with Gasteiger partial charge < -0.3 is 0 Å². The second-order valence-electron chi connectivity index (χ2n) is 5.13. The van der Waals surface area contributed by atoms with E-state index in [0.717, 1.165) is 19.3 Å². The SMILES string of the molecule is CCCCc1nc(NC(=O)c2cccc(Cl)c2)n2nccc2n1. The van der Waals surface area contributed by atoms with Gasteiger partial charge in [0.25, 0.3) is 5.91 Å². The smallest absolute Gasteiger partial charge is 0.258 e. The molecule has 1 N–H and O–H groups in total. The van der Waals surface area contributed by atoms with Gasteiger partial charge in [-0.15, -0.1) is 0 Å². The zero-order chi connectivity index (χ0) is 16.2. The maximum absolute atomic E-state index is 12.4. The Labute approximate surface area is 138 Å². The third-order valence-corrected chi connectivity index (χ3v) is 3.60. The number of hydrogen-bond acceptors (Lipinski definition) is 4. The zero-order valence-electron chi connectivity index (χ0n) is 12.7. The van der Waals surface area contributed by atoms with E-state index in [9.17, 15) is 4.79 Å². The fourth-order valence-corrected chi connectivity index (χ4v) is 2.39. The number of nitrogens with one attached hydrogen (secondary N) is 1. The van der Waals surface area contributed by atoms with Crippen LogP contribution in [0, 0.1) is 0 Å². The molecule has 7 heteroatoms. The summed E-state index contributed by atoms with van der Waals surface area (Å²) in [6.07, 6.45) is 4.44. The number of aromatic nitrogens is 4. The van der Waals surface area contributed by atoms with Crippen molar-refractivity contribution in [1.82, 2.24) is 19.6 Å². The number of carbonyl (C=O) groups excluding carboxylic acids is 1. The van der Waals surface area contributed by atoms with Gasteiger partial charge in [0.1, 0.15) is 5.82 Å². The van der Waals surface area contributed by atoms with Crippen molar-refractivity contribution in [3.8, 4) is 0 Å². The lowest BCUT2D eigenvalue weighted by molar-refractivity contribution is 0.102. The molecule has 0 saturated heterocycles. The van der Waals surface area contributed by atoms with E-state index in [0.29, 0.717) is 28.0 Å². The number of carbonyl (C=O) groups is 1. The third-order valence-electron chi connectivity index (χ3n) is 3.37. The lowest BCUT2D eigenvalue weighted by atomic mass is 10.2. The van der Waals surface area contributed by atoms with E-state index < -0.39 is 0 Å². The van der Waals surface area contributed by atoms with Crippen LogP contribution in [0.25, 0.3) is 5.65 Å². The highest BCUT2D eigenvalue weighted by Crippen LogP contribution is 2.14. The molecule has 0 atom stereocenters. The Morgan fingerprint density at radius 2 is 2.17 bits per heavy atom. The van der Waals surface area contributed by atoms with E-state index in [1.165, 1.54) is 4.52 Å². The van der Waals surface area contributed by atoms with Crippen molar-refractivity contribution in [1.29, 1.82) is 0 Å². The highest BCUT2D eigenvalue weighted by molar-refractivity contribution is 6.31. The molecular formula is C16H16ClN5O. The molecule has 3 rings (SSSR count). The highest BCUT2D eigenvalue weighted by Gasteiger charge is 2.13. The fourth-order valence-electron chi connectivity index (χ4n) is 2.20. The van der Waals surface area contributed by atoms with Crippen molar-refractivity contribution >= 4 is 29.1 Å². The summed E-state index contributed by atoms with van der Waals surface area (Å²) in [4.78, 5) is 21.3. The minimum atomic E-state index is -0.288. The first-order valence-corrected chi connectivity index (χ1v) is 7.82. The van der Waals surface area contributed by atoms with Crippen molar-refractivity contribution in [2.45, 2.75) is 26.2 Å². The normalized spacial score (nSPS) is 10.9. The van der Waals surface area contributed by atoms with Crippen LogP contribution in [0.5, 0.6) is 0 Å². The molecule has 0 unspecified atom stereocenters. The number of benzene rings is 1. The predicted molar refractivity (Wildman–Crippen MR) is 88.8 cm³/mol. The van der Waals surface area contributed by atoms with E-state index in [1.54, 1.807) is 36.5 Å². The molecule has 0 aliphatic carbocycles. The van der Waals surface area contributed by atoms with E-state index in [-0.39, 0.29) is 5.91 Å². The Balaban J connectivity index is 1.92. The van der Waals surface area contributed by atoms with E-state index in [4.69, 9.17) is 11.6 Å². The lowest BCUT2D eigenvalue weighted by Crippen LogP contribution is -2.17. The Bertz CT molecular complexity index is 845. The van der Waals surface area contributed by atoms with Crippen LogP contribution in [0.4, 0.5) is 5.95 Å². The first-order chi connectivity index (χ1) is 11.2. The van der Waals surface area contributed by atoms with E-state index >= 15 is 0 Å². The number of amides is 1. The van der Waals surface area contributed by atoms with Gasteiger partial charge in [-0.3, -0.25) is 10.1 Å². The number of halogens is 1. The van der Waals surface area contributed by atoms with Crippen LogP contribution >= 0.6 is 11.6 Å². The molecule has 0 saturated carbocycles. The minimum absolute atomic E-state index is 0.288. The van der Waals surface area contributed by atoms with Crippen molar-refractivity contribution in [2.24, 2.45) is 0 Å². The summed E-state index contributed by atoms with van der Waals surface area (Å²) in [5, 5.41) is 7.45. The molecule has 0 spiro atoms. The van der Waals surface area contributed by atoms with Crippen LogP contribution in [0.1, 0.15) is 35.9 Å². The Hall–Kier alpha value is -2.47. The summed E-state index contributed by atoms with van der Waals surface area (Å²) in [7, 11) is 0. The van der Waals surface area contributed by atoms with Crippen LogP contribution in [0.15, 0.2) is 36.5 Å². The number of hydrogen-bond donors (Lipinski definition) is 1. The summed E-state index contributed by atoms with van der Waals surface area (Å²) in [5.74, 6) is 0.766. The highest BCUT2D eigenvalue weighted by atomic mass is 35.5. The summed E-state index contributed by atoms with van der Waals surface area (Å²) in [5.41, 5.74) is 1.12. The molecule has 0 fully saturated rings. The van der Waals surface area contributed by atoms with Crippen LogP contribution in [-0.4, -0.2) is 25.5 Å². The predicted octanol–water partition coefficient (Wildman–Crippen LogP) is 3.37. The maximum Gasteiger partial charge on any atom is 0.258 e. The van der Waals surface area contributed by atoms with Crippen molar-refractivity contribution in [3.05, 3.63) is 52.9 Å². The van der Waals surface area contributed by atoms with Gasteiger partial charge in [0, 0.05) is 23.1 Å². The maximum atomic E-state index is 12.4. The van der Waals surface area contributed by atoms with Gasteiger partial charge in [0.15, 0.2) is 5.65 Å². The van der Waals surface area contributed by atoms with Gasteiger partial charge in [-0.2, -0.15) is 14.6 Å². The quantitative estimate of drug-likeness (QED) is 0.779. The molecular weight excluding hydrogens is 314 g/mol. The zero-order valence-corrected chi connectivity index (χ0v) is 13.4. The number of fused-ring (bicyclic) bond motifs is 1. The Morgan fingerprint density at radius 3 is 2.96 bits per heavy atom. The Morgan fingerprint density at radius 1 is 1.30 bits per heavy atom. The van der Waals surface area contributed by atoms with Crippen molar-refractivity contribution in [3.63, 3.8) is 0 Å². The van der Waals surface area contributed by atoms with Gasteiger partial charge in [-0.1, -0.05) is 31.0 Å². The van der Waals surface area contributed by atoms with Crippen molar-refractivity contribution < 1.29 is 4.79 Å². The third kappa shape index (κ3) is 3.48. The first kappa shape index (κ1) is 15.4. The number of anilines is 1. The standard InChI is InChI=1S/C16H16ClN5O/c1-2-3-7-13-19-14-8-9-18-22(14)16(20-13)21-15(23)11-5-4-6-12(17)10-11/h4-6,8-10H,2-3,7H2,1H3,(H,19,20,21,23). The molecule has 1 aromatic carbocycles. The fraction of sp³-hybridized carbons (Fsp3) is 0.250. The lowest BCUT2D eigenvalue weighted by Gasteiger charge is -2.08. The molecule has 0 bridgehead atoms. The van der Waals surface area contributed by atoms with Gasteiger partial charge in [0.05, 0.1) is 6.20 Å². The number of aryl methyl sites for hydroxylation is 1. The molecule has 118 valence electrons. The molecule has 0 radical (unpaired) electrons. The summed E-state index contributed by atoms with van der Waals surface area (Å²) >= 11 is 5.93. The Kier molecular flexibility index (Phi) is 4.52. The van der Waals surface area contributed by atoms with Crippen LogP contribution in [0.2, 0.25) is 5.02 Å². The van der Waals surface area contributed by atoms with Crippen LogP contribution < -0.4 is 5.32 Å². The number of rotatable bonds is 5. The molecule has 2 heterocycles. The van der Waals surface area contributed by atoms with Gasteiger partial charge in [-0.25, -0.2) is 4.98 Å². The molecule has 23 heavy (non-hydrogen) atoms. The largest absolute Gasteiger partial charge is 0.290 e. The molecule has 3 aromatic rings. The van der Waals surface area contributed by atoms with E-state index in [1.807, 2.05) is 0 Å². The monoisotopic (exact) mass is 329 g/mol. The van der Waals surface area contributed by atoms with Gasteiger partial charge in [-0.05, 0) is 24.6 Å². The molecule has 6 nitrogen and oxygen atoms in total. The molecule has 0 aliphatic rings. The summed E-state index contributed by atoms with van der Waals surface area (Å²) in [6, 6.07) is 8.54. The summed E-state index contributed by atoms with van der Waals surface area (Å²) in [6.45, 7) is 2.11. The molecule has 1 amide bonds. The topological polar surface area (TPSA) is 72.2 Å². The average molecular weight is 330 g/mol. The summed E-state index contributed by atoms with van der Waals surface area (Å²) < 4.78 is 1.51. The second kappa shape index (κ2) is 6.75. The second-order valence-corrected chi connectivity index (χ2v) is 5.57. The molecule has 0 aliphatic heterocycles.